The van der Waals surface area contributed by atoms with Gasteiger partial charge in [-0.3, -0.25) is 4.79 Å². The highest BCUT2D eigenvalue weighted by Crippen LogP contribution is 2.32. The molecule has 142 valence electrons. The van der Waals surface area contributed by atoms with Crippen molar-refractivity contribution >= 4 is 11.0 Å². The van der Waals surface area contributed by atoms with Crippen molar-refractivity contribution in [3.63, 3.8) is 0 Å². The lowest BCUT2D eigenvalue weighted by atomic mass is 10.0. The molecule has 0 aliphatic carbocycles. The highest BCUT2D eigenvalue weighted by molar-refractivity contribution is 5.85. The second-order valence-corrected chi connectivity index (χ2v) is 7.11. The average Bonchev–Trinajstić information content (AvgIpc) is 2.66. The molecule has 0 aliphatic heterocycles. The van der Waals surface area contributed by atoms with E-state index in [1.165, 1.54) is 0 Å². The summed E-state index contributed by atoms with van der Waals surface area (Å²) in [5.74, 6) is 1.41. The largest absolute Gasteiger partial charge is 0.493 e. The minimum atomic E-state index is 0.00946. The third-order valence-corrected chi connectivity index (χ3v) is 4.61. The van der Waals surface area contributed by atoms with E-state index in [1.807, 2.05) is 63.5 Å². The predicted octanol–water partition coefficient (Wildman–Crippen LogP) is 5.01. The zero-order valence-electron chi connectivity index (χ0n) is 16.5. The van der Waals surface area contributed by atoms with Crippen molar-refractivity contribution in [2.45, 2.75) is 33.2 Å². The van der Waals surface area contributed by atoms with Crippen LogP contribution in [0.3, 0.4) is 0 Å². The fourth-order valence-corrected chi connectivity index (χ4v) is 3.18. The predicted molar refractivity (Wildman–Crippen MR) is 110 cm³/mol. The summed E-state index contributed by atoms with van der Waals surface area (Å²) in [7, 11) is 4.00. The average molecular weight is 365 g/mol. The second-order valence-electron chi connectivity index (χ2n) is 7.11. The molecule has 3 rings (SSSR count). The van der Waals surface area contributed by atoms with Crippen molar-refractivity contribution in [3.05, 3.63) is 63.8 Å². The fourth-order valence-electron chi connectivity index (χ4n) is 3.18. The zero-order valence-corrected chi connectivity index (χ0v) is 16.5. The van der Waals surface area contributed by atoms with E-state index in [-0.39, 0.29) is 5.43 Å². The molecule has 3 aromatic rings. The van der Waals surface area contributed by atoms with E-state index in [2.05, 4.69) is 11.8 Å². The number of hydrogen-bond donors (Lipinski definition) is 0. The van der Waals surface area contributed by atoms with Crippen LogP contribution < -0.4 is 10.2 Å². The summed E-state index contributed by atoms with van der Waals surface area (Å²) in [6.07, 6.45) is 2.07. The Hall–Kier alpha value is -2.59. The van der Waals surface area contributed by atoms with Crippen LogP contribution in [0, 0.1) is 6.92 Å². The van der Waals surface area contributed by atoms with Crippen LogP contribution >= 0.6 is 0 Å². The standard InChI is InChI=1S/C23H27NO3/c1-5-6-14-26-20-13-12-18-21(25)16(2)22(17-10-8-7-9-11-17)27-23(18)19(20)15-24(3)4/h7-13H,5-6,14-15H2,1-4H3. The molecule has 27 heavy (non-hydrogen) atoms. The molecule has 4 heteroatoms. The first-order valence-electron chi connectivity index (χ1n) is 9.45. The van der Waals surface area contributed by atoms with Gasteiger partial charge in [0, 0.05) is 17.7 Å². The minimum absolute atomic E-state index is 0.00946. The molecule has 0 fully saturated rings. The van der Waals surface area contributed by atoms with Crippen LogP contribution in [0.15, 0.2) is 51.7 Å². The van der Waals surface area contributed by atoms with Crippen LogP contribution in [-0.4, -0.2) is 25.6 Å². The van der Waals surface area contributed by atoms with Gasteiger partial charge in [0.1, 0.15) is 17.1 Å². The molecule has 0 spiro atoms. The number of rotatable bonds is 7. The van der Waals surface area contributed by atoms with Gasteiger partial charge >= 0.3 is 0 Å². The van der Waals surface area contributed by atoms with Crippen LogP contribution in [0.5, 0.6) is 5.75 Å². The van der Waals surface area contributed by atoms with Crippen LogP contribution in [0.4, 0.5) is 0 Å². The van der Waals surface area contributed by atoms with Crippen molar-refractivity contribution in [2.24, 2.45) is 0 Å². The smallest absolute Gasteiger partial charge is 0.196 e. The number of fused-ring (bicyclic) bond motifs is 1. The first kappa shape index (κ1) is 19.2. The third-order valence-electron chi connectivity index (χ3n) is 4.61. The van der Waals surface area contributed by atoms with Crippen molar-refractivity contribution in [1.29, 1.82) is 0 Å². The van der Waals surface area contributed by atoms with Gasteiger partial charge in [-0.05, 0) is 39.6 Å². The quantitative estimate of drug-likeness (QED) is 0.552. The molecule has 0 bridgehead atoms. The Kier molecular flexibility index (Phi) is 5.97. The summed E-state index contributed by atoms with van der Waals surface area (Å²) in [5, 5.41) is 0.604. The van der Waals surface area contributed by atoms with E-state index in [0.717, 1.165) is 29.7 Å². The highest BCUT2D eigenvalue weighted by Gasteiger charge is 2.18. The van der Waals surface area contributed by atoms with Crippen molar-refractivity contribution < 1.29 is 9.15 Å². The van der Waals surface area contributed by atoms with Crippen LogP contribution in [-0.2, 0) is 6.54 Å². The van der Waals surface area contributed by atoms with E-state index in [0.29, 0.717) is 35.4 Å². The Bertz CT molecular complexity index is 974. The molecule has 4 nitrogen and oxygen atoms in total. The van der Waals surface area contributed by atoms with Gasteiger partial charge in [0.15, 0.2) is 5.43 Å². The van der Waals surface area contributed by atoms with E-state index in [4.69, 9.17) is 9.15 Å². The van der Waals surface area contributed by atoms with Crippen LogP contribution in [0.2, 0.25) is 0 Å². The summed E-state index contributed by atoms with van der Waals surface area (Å²) in [4.78, 5) is 15.1. The summed E-state index contributed by atoms with van der Waals surface area (Å²) >= 11 is 0. The third kappa shape index (κ3) is 4.06. The van der Waals surface area contributed by atoms with Gasteiger partial charge in [-0.2, -0.15) is 0 Å². The monoisotopic (exact) mass is 365 g/mol. The lowest BCUT2D eigenvalue weighted by molar-refractivity contribution is 0.299. The van der Waals surface area contributed by atoms with Gasteiger partial charge in [-0.25, -0.2) is 0 Å². The molecule has 0 unspecified atom stereocenters. The SMILES string of the molecule is CCCCOc1ccc2c(=O)c(C)c(-c3ccccc3)oc2c1CN(C)C. The molecule has 0 aliphatic rings. The molecule has 0 saturated carbocycles. The van der Waals surface area contributed by atoms with E-state index < -0.39 is 0 Å². The molecule has 0 radical (unpaired) electrons. The van der Waals surface area contributed by atoms with Gasteiger partial charge < -0.3 is 14.1 Å². The van der Waals surface area contributed by atoms with Crippen LogP contribution in [0.1, 0.15) is 30.9 Å². The van der Waals surface area contributed by atoms with Crippen LogP contribution in [0.25, 0.3) is 22.3 Å². The zero-order chi connectivity index (χ0) is 19.4. The van der Waals surface area contributed by atoms with Gasteiger partial charge in [-0.15, -0.1) is 0 Å². The van der Waals surface area contributed by atoms with Gasteiger partial charge in [0.05, 0.1) is 17.6 Å². The molecule has 2 aromatic carbocycles. The lowest BCUT2D eigenvalue weighted by Gasteiger charge is -2.17. The molecule has 0 amide bonds. The fraction of sp³-hybridized carbons (Fsp3) is 0.348. The first-order chi connectivity index (χ1) is 13.0. The maximum atomic E-state index is 13.0. The normalized spacial score (nSPS) is 11.3. The highest BCUT2D eigenvalue weighted by atomic mass is 16.5. The van der Waals surface area contributed by atoms with Crippen molar-refractivity contribution in [2.75, 3.05) is 20.7 Å². The molecule has 0 saturated heterocycles. The summed E-state index contributed by atoms with van der Waals surface area (Å²) in [6, 6.07) is 13.5. The second kappa shape index (κ2) is 8.40. The van der Waals surface area contributed by atoms with Gasteiger partial charge in [0.2, 0.25) is 0 Å². The number of ether oxygens (including phenoxy) is 1. The van der Waals surface area contributed by atoms with E-state index >= 15 is 0 Å². The lowest BCUT2D eigenvalue weighted by Crippen LogP contribution is -2.15. The van der Waals surface area contributed by atoms with E-state index in [9.17, 15) is 4.79 Å². The Labute approximate surface area is 160 Å². The summed E-state index contributed by atoms with van der Waals surface area (Å²) < 4.78 is 12.3. The molecular weight excluding hydrogens is 338 g/mol. The van der Waals surface area contributed by atoms with E-state index in [1.54, 1.807) is 0 Å². The number of nitrogens with zero attached hydrogens (tertiary/aromatic N) is 1. The first-order valence-corrected chi connectivity index (χ1v) is 9.45. The Morgan fingerprint density at radius 1 is 1.07 bits per heavy atom. The minimum Gasteiger partial charge on any atom is -0.493 e. The summed E-state index contributed by atoms with van der Waals surface area (Å²) in [6.45, 7) is 5.26. The maximum absolute atomic E-state index is 13.0. The summed E-state index contributed by atoms with van der Waals surface area (Å²) in [5.41, 5.74) is 3.08. The number of unbranched alkanes of at least 4 members (excludes halogenated alkanes) is 1. The Morgan fingerprint density at radius 3 is 2.48 bits per heavy atom. The molecular formula is C23H27NO3. The maximum Gasteiger partial charge on any atom is 0.196 e. The molecule has 1 aromatic heterocycles. The van der Waals surface area contributed by atoms with Crippen molar-refractivity contribution in [3.8, 4) is 17.1 Å². The Morgan fingerprint density at radius 2 is 1.81 bits per heavy atom. The topological polar surface area (TPSA) is 42.7 Å². The van der Waals surface area contributed by atoms with Gasteiger partial charge in [-0.1, -0.05) is 43.7 Å². The van der Waals surface area contributed by atoms with Gasteiger partial charge in [0.25, 0.3) is 0 Å². The molecule has 0 N–H and O–H groups in total. The Balaban J connectivity index is 2.23. The molecule has 1 heterocycles. The number of hydrogen-bond acceptors (Lipinski definition) is 4. The molecule has 0 atom stereocenters. The van der Waals surface area contributed by atoms with Crippen molar-refractivity contribution in [1.82, 2.24) is 4.90 Å². The number of benzene rings is 2.